The van der Waals surface area contributed by atoms with Gasteiger partial charge in [-0.05, 0) is 44.8 Å². The fourth-order valence-corrected chi connectivity index (χ4v) is 3.38. The van der Waals surface area contributed by atoms with Crippen LogP contribution in [0.4, 0.5) is 0 Å². The van der Waals surface area contributed by atoms with Gasteiger partial charge in [-0.2, -0.15) is 0 Å². The fourth-order valence-electron chi connectivity index (χ4n) is 1.51. The van der Waals surface area contributed by atoms with Crippen LogP contribution >= 0.6 is 6.70 Å². The van der Waals surface area contributed by atoms with Crippen molar-refractivity contribution in [2.45, 2.75) is 13.8 Å². The topological polar surface area (TPSA) is 0 Å². The number of aryl methyl sites for hydroxylation is 2. The van der Waals surface area contributed by atoms with Gasteiger partial charge in [0.2, 0.25) is 0 Å². The van der Waals surface area contributed by atoms with Crippen molar-refractivity contribution in [2.24, 2.45) is 0 Å². The maximum Gasteiger partial charge on any atom is 0.00860 e. The van der Waals surface area contributed by atoms with Gasteiger partial charge in [0.25, 0.3) is 0 Å². The highest BCUT2D eigenvalue weighted by Gasteiger charge is 2.02. The Hall–Kier alpha value is -1.04. The molecule has 16 heavy (non-hydrogen) atoms. The van der Waals surface area contributed by atoms with Crippen LogP contribution in [0.5, 0.6) is 0 Å². The Bertz CT molecular complexity index is 450. The van der Waals surface area contributed by atoms with Gasteiger partial charge >= 0.3 is 0 Å². The molecule has 0 saturated carbocycles. The molecule has 0 unspecified atom stereocenters. The summed E-state index contributed by atoms with van der Waals surface area (Å²) in [6.45, 7) is 3.58. The minimum Gasteiger partial charge on any atom is -0.0584 e. The van der Waals surface area contributed by atoms with Gasteiger partial charge in [0.15, 0.2) is 0 Å². The molecule has 0 nitrogen and oxygen atoms in total. The molecule has 0 atom stereocenters. The highest BCUT2D eigenvalue weighted by molar-refractivity contribution is 8.12. The summed E-state index contributed by atoms with van der Waals surface area (Å²) in [6, 6.07) is 17.1. The molecule has 0 aliphatic rings. The molecule has 0 aliphatic carbocycles. The molecule has 0 amide bonds. The molecular formula is C14H14PS. The van der Waals surface area contributed by atoms with Crippen molar-refractivity contribution < 1.29 is 0 Å². The maximum atomic E-state index is 5.62. The zero-order chi connectivity index (χ0) is 11.5. The first kappa shape index (κ1) is 11.4. The van der Waals surface area contributed by atoms with E-state index in [9.17, 15) is 0 Å². The third-order valence-electron chi connectivity index (χ3n) is 2.54. The van der Waals surface area contributed by atoms with Crippen LogP contribution in [0.2, 0.25) is 0 Å². The molecule has 2 heteroatoms. The summed E-state index contributed by atoms with van der Waals surface area (Å²) in [5.74, 6) is 0. The van der Waals surface area contributed by atoms with Crippen LogP contribution < -0.4 is 10.6 Å². The molecule has 0 heterocycles. The molecule has 0 spiro atoms. The van der Waals surface area contributed by atoms with Crippen molar-refractivity contribution in [3.05, 3.63) is 59.7 Å². The Morgan fingerprint density at radius 1 is 0.688 bits per heavy atom. The second-order valence-electron chi connectivity index (χ2n) is 3.97. The lowest BCUT2D eigenvalue weighted by Crippen LogP contribution is -2.05. The molecular weight excluding hydrogens is 231 g/mol. The molecule has 0 bridgehead atoms. The Morgan fingerprint density at radius 2 is 1.00 bits per heavy atom. The zero-order valence-electron chi connectivity index (χ0n) is 9.47. The van der Waals surface area contributed by atoms with Gasteiger partial charge in [-0.1, -0.05) is 47.2 Å². The summed E-state index contributed by atoms with van der Waals surface area (Å²) in [7, 11) is 0. The van der Waals surface area contributed by atoms with Gasteiger partial charge in [0.05, 0.1) is 0 Å². The molecule has 0 aromatic heterocycles. The molecule has 0 N–H and O–H groups in total. The van der Waals surface area contributed by atoms with E-state index in [1.165, 1.54) is 21.7 Å². The van der Waals surface area contributed by atoms with Gasteiger partial charge in [-0.15, -0.1) is 0 Å². The van der Waals surface area contributed by atoms with Gasteiger partial charge in [0.1, 0.15) is 0 Å². The van der Waals surface area contributed by atoms with Crippen LogP contribution in [0.1, 0.15) is 11.1 Å². The first-order valence-electron chi connectivity index (χ1n) is 5.27. The summed E-state index contributed by atoms with van der Waals surface area (Å²) in [4.78, 5) is 0. The highest BCUT2D eigenvalue weighted by atomic mass is 32.4. The van der Waals surface area contributed by atoms with Gasteiger partial charge in [-0.3, -0.25) is 0 Å². The molecule has 0 fully saturated rings. The van der Waals surface area contributed by atoms with E-state index in [1.807, 2.05) is 0 Å². The lowest BCUT2D eigenvalue weighted by atomic mass is 10.2. The molecule has 0 saturated heterocycles. The van der Waals surface area contributed by atoms with Gasteiger partial charge in [0, 0.05) is 10.6 Å². The van der Waals surface area contributed by atoms with Crippen LogP contribution in [0, 0.1) is 13.8 Å². The molecule has 2 rings (SSSR count). The second-order valence-corrected chi connectivity index (χ2v) is 6.68. The van der Waals surface area contributed by atoms with Crippen LogP contribution in [0.25, 0.3) is 0 Å². The van der Waals surface area contributed by atoms with Crippen molar-refractivity contribution >= 4 is 29.1 Å². The lowest BCUT2D eigenvalue weighted by molar-refractivity contribution is 1.49. The standard InChI is InChI=1S/C14H14PS/c1-11-3-7-13(8-4-11)15(16)14-9-5-12(2)6-10-14/h3-10H,1-2H3. The van der Waals surface area contributed by atoms with Crippen LogP contribution in [-0.4, -0.2) is 0 Å². The van der Waals surface area contributed by atoms with Crippen molar-refractivity contribution in [1.82, 2.24) is 0 Å². The summed E-state index contributed by atoms with van der Waals surface area (Å²) < 4.78 is 0. The fraction of sp³-hybridized carbons (Fsp3) is 0.143. The minimum atomic E-state index is -0.612. The van der Waals surface area contributed by atoms with E-state index in [1.54, 1.807) is 0 Å². The second kappa shape index (κ2) is 4.86. The number of rotatable bonds is 2. The average Bonchev–Trinajstić information content (AvgIpc) is 2.30. The predicted molar refractivity (Wildman–Crippen MR) is 75.9 cm³/mol. The number of hydrogen-bond acceptors (Lipinski definition) is 1. The predicted octanol–water partition coefficient (Wildman–Crippen LogP) is 3.20. The Morgan fingerprint density at radius 3 is 1.31 bits per heavy atom. The molecule has 2 aromatic rings. The summed E-state index contributed by atoms with van der Waals surface area (Å²) in [5, 5.41) is 2.53. The number of hydrogen-bond donors (Lipinski definition) is 0. The summed E-state index contributed by atoms with van der Waals surface area (Å²) in [6.07, 6.45) is 0. The third-order valence-corrected chi connectivity index (χ3v) is 5.34. The van der Waals surface area contributed by atoms with Gasteiger partial charge in [-0.25, -0.2) is 0 Å². The van der Waals surface area contributed by atoms with E-state index in [4.69, 9.17) is 11.8 Å². The molecule has 2 aromatic carbocycles. The zero-order valence-corrected chi connectivity index (χ0v) is 11.2. The molecule has 81 valence electrons. The van der Waals surface area contributed by atoms with Crippen LogP contribution in [0.3, 0.4) is 0 Å². The SMILES string of the molecule is Cc1ccc([P](=S)c2ccc(C)cc2)cc1. The van der Waals surface area contributed by atoms with Crippen molar-refractivity contribution in [1.29, 1.82) is 0 Å². The smallest absolute Gasteiger partial charge is 0.00860 e. The van der Waals surface area contributed by atoms with E-state index in [2.05, 4.69) is 62.4 Å². The number of benzene rings is 2. The maximum absolute atomic E-state index is 5.62. The average molecular weight is 245 g/mol. The van der Waals surface area contributed by atoms with E-state index in [0.29, 0.717) is 0 Å². The summed E-state index contributed by atoms with van der Waals surface area (Å²) >= 11 is 5.62. The van der Waals surface area contributed by atoms with Crippen molar-refractivity contribution in [3.63, 3.8) is 0 Å². The van der Waals surface area contributed by atoms with Crippen molar-refractivity contribution in [3.8, 4) is 0 Å². The quantitative estimate of drug-likeness (QED) is 0.732. The first-order chi connectivity index (χ1) is 7.66. The van der Waals surface area contributed by atoms with Crippen LogP contribution in [-0.2, 0) is 11.8 Å². The van der Waals surface area contributed by atoms with E-state index in [-0.39, 0.29) is 0 Å². The Labute approximate surface area is 103 Å². The monoisotopic (exact) mass is 245 g/mol. The Balaban J connectivity index is 2.32. The van der Waals surface area contributed by atoms with E-state index < -0.39 is 6.70 Å². The minimum absolute atomic E-state index is 0.612. The van der Waals surface area contributed by atoms with Gasteiger partial charge < -0.3 is 0 Å². The molecule has 0 aliphatic heterocycles. The molecule has 1 radical (unpaired) electrons. The largest absolute Gasteiger partial charge is 0.0584 e. The normalized spacial score (nSPS) is 10.1. The third kappa shape index (κ3) is 2.55. The van der Waals surface area contributed by atoms with Crippen LogP contribution in [0.15, 0.2) is 48.5 Å². The van der Waals surface area contributed by atoms with E-state index >= 15 is 0 Å². The summed E-state index contributed by atoms with van der Waals surface area (Å²) in [5.41, 5.74) is 2.57. The van der Waals surface area contributed by atoms with E-state index in [0.717, 1.165) is 0 Å². The van der Waals surface area contributed by atoms with Crippen molar-refractivity contribution in [2.75, 3.05) is 0 Å². The lowest BCUT2D eigenvalue weighted by Gasteiger charge is -2.05. The highest BCUT2D eigenvalue weighted by Crippen LogP contribution is 2.20. The first-order valence-corrected chi connectivity index (χ1v) is 7.63. The Kier molecular flexibility index (Phi) is 3.48.